The molecule has 1 heterocycles. The zero-order valence-electron chi connectivity index (χ0n) is 8.86. The highest BCUT2D eigenvalue weighted by Crippen LogP contribution is 2.12. The van der Waals surface area contributed by atoms with Crippen LogP contribution >= 0.6 is 0 Å². The van der Waals surface area contributed by atoms with Crippen LogP contribution in [0.3, 0.4) is 0 Å². The molecule has 4 nitrogen and oxygen atoms in total. The lowest BCUT2D eigenvalue weighted by Gasteiger charge is -2.12. The van der Waals surface area contributed by atoms with E-state index in [1.807, 2.05) is 13.8 Å². The van der Waals surface area contributed by atoms with Crippen LogP contribution in [-0.4, -0.2) is 17.6 Å². The summed E-state index contributed by atoms with van der Waals surface area (Å²) >= 11 is 0. The highest BCUT2D eigenvalue weighted by atomic mass is 16.3. The molecule has 82 valence electrons. The molecule has 0 aliphatic rings. The summed E-state index contributed by atoms with van der Waals surface area (Å²) in [5, 5.41) is 11.7. The molecule has 1 rings (SSSR count). The van der Waals surface area contributed by atoms with Crippen molar-refractivity contribution in [2.45, 2.75) is 19.9 Å². The average Bonchev–Trinajstić information content (AvgIpc) is 2.65. The van der Waals surface area contributed by atoms with E-state index < -0.39 is 6.04 Å². The summed E-state index contributed by atoms with van der Waals surface area (Å²) in [7, 11) is 0. The Hall–Kier alpha value is -1.55. The van der Waals surface area contributed by atoms with Crippen molar-refractivity contribution >= 4 is 5.91 Å². The van der Waals surface area contributed by atoms with Crippen molar-refractivity contribution in [2.24, 2.45) is 0 Å². The third-order valence-electron chi connectivity index (χ3n) is 1.81. The van der Waals surface area contributed by atoms with E-state index in [1.165, 1.54) is 12.3 Å². The maximum absolute atomic E-state index is 11.4. The SMILES string of the molecule is CC(C)=CC(=O)NC(CO)c1ccco1. The molecule has 0 aliphatic carbocycles. The predicted molar refractivity (Wildman–Crippen MR) is 56.1 cm³/mol. The van der Waals surface area contributed by atoms with E-state index in [0.29, 0.717) is 5.76 Å². The monoisotopic (exact) mass is 209 g/mol. The molecule has 0 aliphatic heterocycles. The fraction of sp³-hybridized carbons (Fsp3) is 0.364. The Labute approximate surface area is 88.6 Å². The second kappa shape index (κ2) is 5.36. The number of allylic oxidation sites excluding steroid dienone is 1. The third-order valence-corrected chi connectivity index (χ3v) is 1.81. The van der Waals surface area contributed by atoms with Crippen molar-refractivity contribution in [2.75, 3.05) is 6.61 Å². The second-order valence-corrected chi connectivity index (χ2v) is 3.48. The largest absolute Gasteiger partial charge is 0.467 e. The summed E-state index contributed by atoms with van der Waals surface area (Å²) in [5.74, 6) is 0.318. The van der Waals surface area contributed by atoms with Gasteiger partial charge in [-0.2, -0.15) is 0 Å². The van der Waals surface area contributed by atoms with Crippen LogP contribution in [0.2, 0.25) is 0 Å². The number of nitrogens with one attached hydrogen (secondary N) is 1. The molecule has 0 saturated carbocycles. The standard InChI is InChI=1S/C11H15NO3/c1-8(2)6-11(14)12-9(7-13)10-4-3-5-15-10/h3-6,9,13H,7H2,1-2H3,(H,12,14). The summed E-state index contributed by atoms with van der Waals surface area (Å²) in [5.41, 5.74) is 0.906. The lowest BCUT2D eigenvalue weighted by Crippen LogP contribution is -2.29. The van der Waals surface area contributed by atoms with Gasteiger partial charge in [0.2, 0.25) is 5.91 Å². The topological polar surface area (TPSA) is 62.5 Å². The molecular formula is C11H15NO3. The second-order valence-electron chi connectivity index (χ2n) is 3.48. The van der Waals surface area contributed by atoms with Gasteiger partial charge in [-0.3, -0.25) is 4.79 Å². The number of rotatable bonds is 4. The van der Waals surface area contributed by atoms with Crippen molar-refractivity contribution in [3.05, 3.63) is 35.8 Å². The molecule has 4 heteroatoms. The number of hydrogen-bond donors (Lipinski definition) is 2. The molecule has 1 aromatic heterocycles. The molecule has 15 heavy (non-hydrogen) atoms. The molecule has 1 aromatic rings. The first kappa shape index (κ1) is 11.5. The van der Waals surface area contributed by atoms with Crippen molar-refractivity contribution in [1.29, 1.82) is 0 Å². The lowest BCUT2D eigenvalue weighted by atomic mass is 10.2. The smallest absolute Gasteiger partial charge is 0.244 e. The number of aliphatic hydroxyl groups is 1. The summed E-state index contributed by atoms with van der Waals surface area (Å²) in [6, 6.07) is 2.94. The van der Waals surface area contributed by atoms with Crippen LogP contribution in [0.25, 0.3) is 0 Å². The Balaban J connectivity index is 2.63. The van der Waals surface area contributed by atoms with Crippen molar-refractivity contribution in [3.63, 3.8) is 0 Å². The Morgan fingerprint density at radius 2 is 2.40 bits per heavy atom. The minimum absolute atomic E-state index is 0.185. The number of furan rings is 1. The molecule has 0 fully saturated rings. The minimum atomic E-state index is -0.483. The van der Waals surface area contributed by atoms with Crippen LogP contribution in [0.5, 0.6) is 0 Å². The molecule has 0 aromatic carbocycles. The minimum Gasteiger partial charge on any atom is -0.467 e. The van der Waals surface area contributed by atoms with Gasteiger partial charge >= 0.3 is 0 Å². The van der Waals surface area contributed by atoms with Crippen LogP contribution in [0.15, 0.2) is 34.5 Å². The fourth-order valence-electron chi connectivity index (χ4n) is 1.17. The number of carbonyl (C=O) groups is 1. The zero-order chi connectivity index (χ0) is 11.3. The summed E-state index contributed by atoms with van der Waals surface area (Å²) in [6.45, 7) is 3.48. The van der Waals surface area contributed by atoms with Gasteiger partial charge in [-0.15, -0.1) is 0 Å². The third kappa shape index (κ3) is 3.59. The van der Waals surface area contributed by atoms with E-state index in [2.05, 4.69) is 5.32 Å². The van der Waals surface area contributed by atoms with E-state index in [1.54, 1.807) is 12.1 Å². The average molecular weight is 209 g/mol. The number of aliphatic hydroxyl groups excluding tert-OH is 1. The van der Waals surface area contributed by atoms with E-state index in [9.17, 15) is 4.79 Å². The highest BCUT2D eigenvalue weighted by molar-refractivity contribution is 5.88. The number of carbonyl (C=O) groups excluding carboxylic acids is 1. The number of hydrogen-bond acceptors (Lipinski definition) is 3. The van der Waals surface area contributed by atoms with Crippen LogP contribution < -0.4 is 5.32 Å². The van der Waals surface area contributed by atoms with E-state index in [-0.39, 0.29) is 12.5 Å². The molecule has 1 atom stereocenters. The fourth-order valence-corrected chi connectivity index (χ4v) is 1.17. The summed E-state index contributed by atoms with van der Waals surface area (Å²) in [4.78, 5) is 11.4. The molecule has 0 radical (unpaired) electrons. The van der Waals surface area contributed by atoms with Gasteiger partial charge in [0.15, 0.2) is 0 Å². The molecule has 1 amide bonds. The number of amides is 1. The Morgan fingerprint density at radius 3 is 2.87 bits per heavy atom. The first-order valence-electron chi connectivity index (χ1n) is 4.73. The van der Waals surface area contributed by atoms with Crippen LogP contribution in [0.4, 0.5) is 0 Å². The van der Waals surface area contributed by atoms with Crippen LogP contribution in [-0.2, 0) is 4.79 Å². The van der Waals surface area contributed by atoms with Gasteiger partial charge in [-0.1, -0.05) is 5.57 Å². The summed E-state index contributed by atoms with van der Waals surface area (Å²) < 4.78 is 5.10. The van der Waals surface area contributed by atoms with Gasteiger partial charge in [-0.05, 0) is 26.0 Å². The quantitative estimate of drug-likeness (QED) is 0.737. The van der Waals surface area contributed by atoms with Gasteiger partial charge in [-0.25, -0.2) is 0 Å². The van der Waals surface area contributed by atoms with Gasteiger partial charge < -0.3 is 14.8 Å². The molecular weight excluding hydrogens is 194 g/mol. The van der Waals surface area contributed by atoms with Crippen molar-refractivity contribution in [1.82, 2.24) is 5.32 Å². The molecule has 1 unspecified atom stereocenters. The normalized spacial score (nSPS) is 11.9. The maximum atomic E-state index is 11.4. The Morgan fingerprint density at radius 1 is 1.67 bits per heavy atom. The summed E-state index contributed by atoms with van der Waals surface area (Å²) in [6.07, 6.45) is 2.98. The molecule has 0 saturated heterocycles. The van der Waals surface area contributed by atoms with E-state index in [4.69, 9.17) is 9.52 Å². The van der Waals surface area contributed by atoms with Gasteiger partial charge in [0.1, 0.15) is 11.8 Å². The highest BCUT2D eigenvalue weighted by Gasteiger charge is 2.14. The lowest BCUT2D eigenvalue weighted by molar-refractivity contribution is -0.117. The van der Waals surface area contributed by atoms with Crippen molar-refractivity contribution < 1.29 is 14.3 Å². The van der Waals surface area contributed by atoms with Gasteiger partial charge in [0.25, 0.3) is 0 Å². The first-order chi connectivity index (χ1) is 7.13. The Kier molecular flexibility index (Phi) is 4.12. The van der Waals surface area contributed by atoms with Crippen LogP contribution in [0.1, 0.15) is 25.6 Å². The first-order valence-corrected chi connectivity index (χ1v) is 4.73. The molecule has 2 N–H and O–H groups in total. The predicted octanol–water partition coefficient (Wildman–Crippen LogP) is 1.40. The van der Waals surface area contributed by atoms with E-state index in [0.717, 1.165) is 5.57 Å². The van der Waals surface area contributed by atoms with Crippen molar-refractivity contribution in [3.8, 4) is 0 Å². The van der Waals surface area contributed by atoms with Gasteiger partial charge in [0.05, 0.1) is 12.9 Å². The maximum Gasteiger partial charge on any atom is 0.244 e. The molecule has 0 bridgehead atoms. The molecule has 0 spiro atoms. The Bertz CT molecular complexity index is 337. The van der Waals surface area contributed by atoms with Gasteiger partial charge in [0, 0.05) is 6.08 Å². The van der Waals surface area contributed by atoms with E-state index >= 15 is 0 Å². The zero-order valence-corrected chi connectivity index (χ0v) is 8.86. The van der Waals surface area contributed by atoms with Crippen LogP contribution in [0, 0.1) is 0 Å².